The topological polar surface area (TPSA) is 102 Å². The molecule has 80 valence electrons. The Morgan fingerprint density at radius 3 is 2.69 bits per heavy atom. The molecule has 2 heterocycles. The summed E-state index contributed by atoms with van der Waals surface area (Å²) in [5.41, 5.74) is 5.94. The summed E-state index contributed by atoms with van der Waals surface area (Å²) in [7, 11) is 0. The number of aromatic nitrogens is 3. The van der Waals surface area contributed by atoms with Crippen LogP contribution < -0.4 is 5.73 Å². The summed E-state index contributed by atoms with van der Waals surface area (Å²) < 4.78 is 0. The third kappa shape index (κ3) is 1.81. The molecule has 0 aromatic carbocycles. The summed E-state index contributed by atoms with van der Waals surface area (Å²) in [5.74, 6) is -0.906. The Balaban J connectivity index is 2.46. The Kier molecular flexibility index (Phi) is 2.47. The molecule has 0 spiro atoms. The number of anilines is 1. The first-order chi connectivity index (χ1) is 7.68. The van der Waals surface area contributed by atoms with Gasteiger partial charge >= 0.3 is 5.97 Å². The van der Waals surface area contributed by atoms with E-state index in [0.29, 0.717) is 11.5 Å². The van der Waals surface area contributed by atoms with Crippen molar-refractivity contribution in [2.75, 3.05) is 5.73 Å². The third-order valence-corrected chi connectivity index (χ3v) is 1.94. The van der Waals surface area contributed by atoms with E-state index in [-0.39, 0.29) is 11.4 Å². The number of carbonyl (C=O) groups is 1. The van der Waals surface area contributed by atoms with E-state index < -0.39 is 5.97 Å². The summed E-state index contributed by atoms with van der Waals surface area (Å²) in [6.45, 7) is 0. The SMILES string of the molecule is Nc1nc(-c2ccccn2)ncc1C(=O)O. The van der Waals surface area contributed by atoms with Crippen molar-refractivity contribution in [3.8, 4) is 11.5 Å². The van der Waals surface area contributed by atoms with Gasteiger partial charge < -0.3 is 10.8 Å². The van der Waals surface area contributed by atoms with Crippen molar-refractivity contribution in [2.24, 2.45) is 0 Å². The van der Waals surface area contributed by atoms with E-state index in [4.69, 9.17) is 10.8 Å². The highest BCUT2D eigenvalue weighted by Crippen LogP contribution is 2.14. The molecule has 0 bridgehead atoms. The highest BCUT2D eigenvalue weighted by atomic mass is 16.4. The van der Waals surface area contributed by atoms with Gasteiger partial charge in [-0.1, -0.05) is 6.07 Å². The zero-order valence-electron chi connectivity index (χ0n) is 8.16. The lowest BCUT2D eigenvalue weighted by atomic mass is 10.3. The van der Waals surface area contributed by atoms with Gasteiger partial charge in [-0.15, -0.1) is 0 Å². The number of nitrogen functional groups attached to an aromatic ring is 1. The molecular formula is C10H8N4O2. The quantitative estimate of drug-likeness (QED) is 0.770. The van der Waals surface area contributed by atoms with E-state index in [2.05, 4.69) is 15.0 Å². The second-order valence-electron chi connectivity index (χ2n) is 3.01. The highest BCUT2D eigenvalue weighted by Gasteiger charge is 2.11. The smallest absolute Gasteiger partial charge is 0.341 e. The lowest BCUT2D eigenvalue weighted by Gasteiger charge is -2.02. The maximum Gasteiger partial charge on any atom is 0.341 e. The van der Waals surface area contributed by atoms with Gasteiger partial charge in [0.25, 0.3) is 0 Å². The first-order valence-corrected chi connectivity index (χ1v) is 4.45. The van der Waals surface area contributed by atoms with E-state index in [1.165, 1.54) is 6.20 Å². The number of carboxylic acids is 1. The van der Waals surface area contributed by atoms with Gasteiger partial charge in [0.1, 0.15) is 17.1 Å². The molecule has 3 N–H and O–H groups in total. The lowest BCUT2D eigenvalue weighted by Crippen LogP contribution is -2.06. The predicted molar refractivity (Wildman–Crippen MR) is 56.6 cm³/mol. The maximum absolute atomic E-state index is 10.7. The van der Waals surface area contributed by atoms with Crippen LogP contribution in [-0.2, 0) is 0 Å². The number of pyridine rings is 1. The molecule has 0 aliphatic heterocycles. The van der Waals surface area contributed by atoms with Gasteiger partial charge in [0.05, 0.1) is 0 Å². The molecule has 0 amide bonds. The van der Waals surface area contributed by atoms with Crippen LogP contribution in [0.2, 0.25) is 0 Å². The monoisotopic (exact) mass is 216 g/mol. The summed E-state index contributed by atoms with van der Waals surface area (Å²) >= 11 is 0. The van der Waals surface area contributed by atoms with Crippen LogP contribution in [0, 0.1) is 0 Å². The first kappa shape index (κ1) is 10.0. The Morgan fingerprint density at radius 1 is 1.31 bits per heavy atom. The molecule has 0 atom stereocenters. The average molecular weight is 216 g/mol. The molecule has 0 radical (unpaired) electrons. The molecule has 0 aliphatic carbocycles. The Bertz CT molecular complexity index is 528. The van der Waals surface area contributed by atoms with Crippen molar-refractivity contribution in [2.45, 2.75) is 0 Å². The molecule has 0 aliphatic rings. The molecule has 16 heavy (non-hydrogen) atoms. The van der Waals surface area contributed by atoms with Crippen LogP contribution in [0.4, 0.5) is 5.82 Å². The summed E-state index contributed by atoms with van der Waals surface area (Å²) in [6.07, 6.45) is 2.77. The Labute approximate surface area is 90.8 Å². The number of hydrogen-bond acceptors (Lipinski definition) is 5. The van der Waals surface area contributed by atoms with Crippen LogP contribution >= 0.6 is 0 Å². The molecule has 2 aromatic rings. The minimum Gasteiger partial charge on any atom is -0.477 e. The van der Waals surface area contributed by atoms with Gasteiger partial charge in [-0.25, -0.2) is 14.8 Å². The second kappa shape index (κ2) is 3.93. The number of aromatic carboxylic acids is 1. The van der Waals surface area contributed by atoms with Crippen LogP contribution in [0.15, 0.2) is 30.6 Å². The number of nitrogens with two attached hydrogens (primary N) is 1. The summed E-state index contributed by atoms with van der Waals surface area (Å²) in [5, 5.41) is 8.75. The lowest BCUT2D eigenvalue weighted by molar-refractivity contribution is 0.0697. The molecule has 2 rings (SSSR count). The average Bonchev–Trinajstić information content (AvgIpc) is 2.29. The van der Waals surface area contributed by atoms with Crippen molar-refractivity contribution in [3.63, 3.8) is 0 Å². The summed E-state index contributed by atoms with van der Waals surface area (Å²) in [6, 6.07) is 5.26. The van der Waals surface area contributed by atoms with Crippen LogP contribution in [0.25, 0.3) is 11.5 Å². The minimum absolute atomic E-state index is 0.0665. The first-order valence-electron chi connectivity index (χ1n) is 4.45. The maximum atomic E-state index is 10.7. The van der Waals surface area contributed by atoms with E-state index in [1.54, 1.807) is 24.4 Å². The van der Waals surface area contributed by atoms with Gasteiger partial charge in [-0.05, 0) is 12.1 Å². The fourth-order valence-corrected chi connectivity index (χ4v) is 1.18. The third-order valence-electron chi connectivity index (χ3n) is 1.94. The Hall–Kier alpha value is -2.50. The largest absolute Gasteiger partial charge is 0.477 e. The van der Waals surface area contributed by atoms with Gasteiger partial charge in [0.2, 0.25) is 0 Å². The van der Waals surface area contributed by atoms with Crippen LogP contribution in [-0.4, -0.2) is 26.0 Å². The van der Waals surface area contributed by atoms with E-state index in [9.17, 15) is 4.79 Å². The van der Waals surface area contributed by atoms with Crippen molar-refractivity contribution in [1.29, 1.82) is 0 Å². The van der Waals surface area contributed by atoms with E-state index in [0.717, 1.165) is 0 Å². The van der Waals surface area contributed by atoms with Gasteiger partial charge in [-0.2, -0.15) is 0 Å². The standard InChI is InChI=1S/C10H8N4O2/c11-8-6(10(15)16)5-13-9(14-8)7-3-1-2-4-12-7/h1-5H,(H,15,16)(H2,11,13,14). The minimum atomic E-state index is -1.15. The summed E-state index contributed by atoms with van der Waals surface area (Å²) in [4.78, 5) is 22.5. The number of hydrogen-bond donors (Lipinski definition) is 2. The van der Waals surface area contributed by atoms with Crippen LogP contribution in [0.5, 0.6) is 0 Å². The van der Waals surface area contributed by atoms with Crippen molar-refractivity contribution in [1.82, 2.24) is 15.0 Å². The van der Waals surface area contributed by atoms with Gasteiger partial charge in [-0.3, -0.25) is 4.98 Å². The molecule has 2 aromatic heterocycles. The van der Waals surface area contributed by atoms with Crippen molar-refractivity contribution >= 4 is 11.8 Å². The Morgan fingerprint density at radius 2 is 2.12 bits per heavy atom. The number of carboxylic acid groups (broad SMARTS) is 1. The number of nitrogens with zero attached hydrogens (tertiary/aromatic N) is 3. The zero-order valence-corrected chi connectivity index (χ0v) is 8.16. The molecule has 6 nitrogen and oxygen atoms in total. The highest BCUT2D eigenvalue weighted by molar-refractivity contribution is 5.92. The van der Waals surface area contributed by atoms with Gasteiger partial charge in [0, 0.05) is 12.4 Å². The molecular weight excluding hydrogens is 208 g/mol. The zero-order chi connectivity index (χ0) is 11.5. The normalized spacial score (nSPS) is 10.0. The molecule has 0 fully saturated rings. The molecule has 0 saturated carbocycles. The van der Waals surface area contributed by atoms with Crippen LogP contribution in [0.1, 0.15) is 10.4 Å². The molecule has 0 saturated heterocycles. The molecule has 6 heteroatoms. The van der Waals surface area contributed by atoms with Crippen molar-refractivity contribution < 1.29 is 9.90 Å². The predicted octanol–water partition coefficient (Wildman–Crippen LogP) is 0.819. The second-order valence-corrected chi connectivity index (χ2v) is 3.01. The molecule has 0 unspecified atom stereocenters. The van der Waals surface area contributed by atoms with Gasteiger partial charge in [0.15, 0.2) is 5.82 Å². The van der Waals surface area contributed by atoms with E-state index in [1.807, 2.05) is 0 Å². The fraction of sp³-hybridized carbons (Fsp3) is 0. The number of rotatable bonds is 2. The fourth-order valence-electron chi connectivity index (χ4n) is 1.18. The van der Waals surface area contributed by atoms with E-state index >= 15 is 0 Å². The van der Waals surface area contributed by atoms with Crippen LogP contribution in [0.3, 0.4) is 0 Å². The van der Waals surface area contributed by atoms with Crippen molar-refractivity contribution in [3.05, 3.63) is 36.2 Å².